The molecule has 1 heterocycles. The van der Waals surface area contributed by atoms with Crippen molar-refractivity contribution in [3.8, 4) is 0 Å². The van der Waals surface area contributed by atoms with Crippen LogP contribution in [0.4, 0.5) is 0 Å². The van der Waals surface area contributed by atoms with Crippen LogP contribution in [0.2, 0.25) is 0 Å². The summed E-state index contributed by atoms with van der Waals surface area (Å²) in [5, 5.41) is 4.07. The molecule has 0 fully saturated rings. The van der Waals surface area contributed by atoms with Crippen LogP contribution in [-0.2, 0) is 7.05 Å². The van der Waals surface area contributed by atoms with E-state index in [1.807, 2.05) is 24.1 Å². The van der Waals surface area contributed by atoms with Gasteiger partial charge in [-0.2, -0.15) is 17.7 Å². The molecule has 0 saturated carbocycles. The van der Waals surface area contributed by atoms with Crippen LogP contribution < -0.4 is 0 Å². The molecule has 10 heavy (non-hydrogen) atoms. The van der Waals surface area contributed by atoms with Crippen molar-refractivity contribution in [3.63, 3.8) is 0 Å². The van der Waals surface area contributed by atoms with Gasteiger partial charge in [0.2, 0.25) is 0 Å². The van der Waals surface area contributed by atoms with Crippen molar-refractivity contribution in [1.29, 1.82) is 0 Å². The number of aryl methyl sites for hydroxylation is 1. The van der Waals surface area contributed by atoms with E-state index in [9.17, 15) is 0 Å². The Morgan fingerprint density at radius 2 is 2.50 bits per heavy atom. The first-order chi connectivity index (χ1) is 4.74. The molecule has 2 nitrogen and oxygen atoms in total. The fourth-order valence-electron chi connectivity index (χ4n) is 0.800. The average molecular weight is 156 g/mol. The van der Waals surface area contributed by atoms with E-state index >= 15 is 0 Å². The zero-order valence-electron chi connectivity index (χ0n) is 6.28. The van der Waals surface area contributed by atoms with Gasteiger partial charge in [-0.3, -0.25) is 4.68 Å². The predicted octanol–water partition coefficient (Wildman–Crippen LogP) is 1.45. The summed E-state index contributed by atoms with van der Waals surface area (Å²) >= 11 is 4.20. The molecule has 1 rings (SSSR count). The Morgan fingerprint density at radius 1 is 1.80 bits per heavy atom. The van der Waals surface area contributed by atoms with Gasteiger partial charge in [0.15, 0.2) is 0 Å². The van der Waals surface area contributed by atoms with Gasteiger partial charge in [0.1, 0.15) is 0 Å². The quantitative estimate of drug-likeness (QED) is 0.642. The van der Waals surface area contributed by atoms with Gasteiger partial charge in [0.25, 0.3) is 0 Å². The van der Waals surface area contributed by atoms with Crippen molar-refractivity contribution in [2.24, 2.45) is 7.05 Å². The minimum absolute atomic E-state index is 0.511. The zero-order chi connectivity index (χ0) is 7.56. The van der Waals surface area contributed by atoms with E-state index in [0.717, 1.165) is 5.75 Å². The second-order valence-corrected chi connectivity index (χ2v) is 2.90. The van der Waals surface area contributed by atoms with Gasteiger partial charge < -0.3 is 0 Å². The zero-order valence-corrected chi connectivity index (χ0v) is 7.18. The van der Waals surface area contributed by atoms with Gasteiger partial charge in [-0.25, -0.2) is 0 Å². The molecule has 3 heteroatoms. The second-order valence-electron chi connectivity index (χ2n) is 2.53. The first-order valence-electron chi connectivity index (χ1n) is 3.33. The lowest BCUT2D eigenvalue weighted by Gasteiger charge is -2.01. The molecular weight excluding hydrogens is 144 g/mol. The molecule has 1 aromatic heterocycles. The van der Waals surface area contributed by atoms with E-state index in [1.54, 1.807) is 0 Å². The summed E-state index contributed by atoms with van der Waals surface area (Å²) in [6.45, 7) is 2.14. The minimum Gasteiger partial charge on any atom is -0.276 e. The smallest absolute Gasteiger partial charge is 0.0524 e. The van der Waals surface area contributed by atoms with Crippen LogP contribution in [0.3, 0.4) is 0 Å². The third-order valence-electron chi connectivity index (χ3n) is 1.57. The topological polar surface area (TPSA) is 17.8 Å². The van der Waals surface area contributed by atoms with Crippen LogP contribution >= 0.6 is 12.6 Å². The van der Waals surface area contributed by atoms with Crippen LogP contribution in [0.15, 0.2) is 12.4 Å². The van der Waals surface area contributed by atoms with Crippen LogP contribution in [0.25, 0.3) is 0 Å². The van der Waals surface area contributed by atoms with Crippen molar-refractivity contribution in [1.82, 2.24) is 9.78 Å². The third-order valence-corrected chi connectivity index (χ3v) is 2.12. The molecule has 0 saturated heterocycles. The first-order valence-corrected chi connectivity index (χ1v) is 3.96. The Hall–Kier alpha value is -0.440. The third kappa shape index (κ3) is 1.53. The van der Waals surface area contributed by atoms with Crippen LogP contribution in [0, 0.1) is 0 Å². The lowest BCUT2D eigenvalue weighted by molar-refractivity contribution is 0.765. The number of nitrogens with zero attached hydrogens (tertiary/aromatic N) is 2. The summed E-state index contributed by atoms with van der Waals surface area (Å²) in [5.41, 5.74) is 1.26. The van der Waals surface area contributed by atoms with Crippen molar-refractivity contribution in [2.45, 2.75) is 12.8 Å². The summed E-state index contributed by atoms with van der Waals surface area (Å²) in [5.74, 6) is 1.39. The monoisotopic (exact) mass is 156 g/mol. The molecule has 1 atom stereocenters. The Balaban J connectivity index is 2.74. The fourth-order valence-corrected chi connectivity index (χ4v) is 1.01. The normalized spacial score (nSPS) is 13.5. The maximum atomic E-state index is 4.20. The van der Waals surface area contributed by atoms with Gasteiger partial charge in [-0.1, -0.05) is 6.92 Å². The molecule has 0 spiro atoms. The highest BCUT2D eigenvalue weighted by Gasteiger charge is 2.03. The average Bonchev–Trinajstić information content (AvgIpc) is 2.34. The van der Waals surface area contributed by atoms with Crippen LogP contribution in [-0.4, -0.2) is 15.5 Å². The lowest BCUT2D eigenvalue weighted by Crippen LogP contribution is -1.92. The maximum Gasteiger partial charge on any atom is 0.0524 e. The van der Waals surface area contributed by atoms with Crippen LogP contribution in [0.1, 0.15) is 18.4 Å². The highest BCUT2D eigenvalue weighted by molar-refractivity contribution is 7.80. The molecule has 0 aromatic carbocycles. The first kappa shape index (κ1) is 7.66. The highest BCUT2D eigenvalue weighted by Crippen LogP contribution is 2.14. The summed E-state index contributed by atoms with van der Waals surface area (Å²) < 4.78 is 1.81. The van der Waals surface area contributed by atoms with E-state index in [2.05, 4.69) is 24.7 Å². The molecule has 0 amide bonds. The molecule has 0 aliphatic heterocycles. The number of aromatic nitrogens is 2. The molecule has 56 valence electrons. The SMILES string of the molecule is CC(CS)c1cnn(C)c1. The molecule has 1 unspecified atom stereocenters. The molecular formula is C7H12N2S. The maximum absolute atomic E-state index is 4.20. The van der Waals surface area contributed by atoms with Crippen molar-refractivity contribution >= 4 is 12.6 Å². The molecule has 0 bridgehead atoms. The van der Waals surface area contributed by atoms with Crippen molar-refractivity contribution in [3.05, 3.63) is 18.0 Å². The van der Waals surface area contributed by atoms with Gasteiger partial charge >= 0.3 is 0 Å². The number of rotatable bonds is 2. The second kappa shape index (κ2) is 3.10. The summed E-state index contributed by atoms with van der Waals surface area (Å²) in [4.78, 5) is 0. The number of hydrogen-bond donors (Lipinski definition) is 1. The predicted molar refractivity (Wildman–Crippen MR) is 45.5 cm³/mol. The number of thiol groups is 1. The number of hydrogen-bond acceptors (Lipinski definition) is 2. The molecule has 0 radical (unpaired) electrons. The van der Waals surface area contributed by atoms with Gasteiger partial charge in [-0.15, -0.1) is 0 Å². The highest BCUT2D eigenvalue weighted by atomic mass is 32.1. The van der Waals surface area contributed by atoms with Gasteiger partial charge in [-0.05, 0) is 17.2 Å². The molecule has 1 aromatic rings. The summed E-state index contributed by atoms with van der Waals surface area (Å²) in [6.07, 6.45) is 3.92. The van der Waals surface area contributed by atoms with E-state index in [4.69, 9.17) is 0 Å². The summed E-state index contributed by atoms with van der Waals surface area (Å²) in [7, 11) is 1.93. The van der Waals surface area contributed by atoms with Gasteiger partial charge in [0, 0.05) is 13.2 Å². The largest absolute Gasteiger partial charge is 0.276 e. The minimum atomic E-state index is 0.511. The fraction of sp³-hybridized carbons (Fsp3) is 0.571. The molecule has 0 aliphatic carbocycles. The molecule has 0 aliphatic rings. The van der Waals surface area contributed by atoms with E-state index in [-0.39, 0.29) is 0 Å². The Kier molecular flexibility index (Phi) is 2.38. The Labute approximate surface area is 66.7 Å². The van der Waals surface area contributed by atoms with Crippen molar-refractivity contribution < 1.29 is 0 Å². The standard InChI is InChI=1S/C7H12N2S/c1-6(5-10)7-3-8-9(2)4-7/h3-4,6,10H,5H2,1-2H3. The van der Waals surface area contributed by atoms with E-state index in [0.29, 0.717) is 5.92 Å². The summed E-state index contributed by atoms with van der Waals surface area (Å²) in [6, 6.07) is 0. The van der Waals surface area contributed by atoms with Crippen molar-refractivity contribution in [2.75, 3.05) is 5.75 Å². The Morgan fingerprint density at radius 3 is 2.90 bits per heavy atom. The molecule has 0 N–H and O–H groups in total. The van der Waals surface area contributed by atoms with E-state index in [1.165, 1.54) is 5.56 Å². The Bertz CT molecular complexity index is 207. The lowest BCUT2D eigenvalue weighted by atomic mass is 10.1. The van der Waals surface area contributed by atoms with E-state index < -0.39 is 0 Å². The van der Waals surface area contributed by atoms with Gasteiger partial charge in [0.05, 0.1) is 6.20 Å². The van der Waals surface area contributed by atoms with Crippen LogP contribution in [0.5, 0.6) is 0 Å².